The molecule has 76 valence electrons. The Hall–Kier alpha value is -1.20. The summed E-state index contributed by atoms with van der Waals surface area (Å²) in [6, 6.07) is 1.55. The van der Waals surface area contributed by atoms with Gasteiger partial charge in [0.15, 0.2) is 5.78 Å². The van der Waals surface area contributed by atoms with Crippen LogP contribution in [0.25, 0.3) is 0 Å². The van der Waals surface area contributed by atoms with Crippen molar-refractivity contribution in [2.24, 2.45) is 0 Å². The molecule has 1 heterocycles. The average molecular weight is 213 g/mol. The van der Waals surface area contributed by atoms with Gasteiger partial charge in [-0.05, 0) is 13.1 Å². The molecule has 0 fully saturated rings. The fraction of sp³-hybridized carbons (Fsp3) is 0.333. The first kappa shape index (κ1) is 10.9. The van der Waals surface area contributed by atoms with Crippen molar-refractivity contribution >= 4 is 23.1 Å². The number of likely N-dealkylation sites (N-methyl/N-ethyl adjacent to an activating group) is 1. The predicted molar refractivity (Wildman–Crippen MR) is 53.9 cm³/mol. The second kappa shape index (κ2) is 4.88. The summed E-state index contributed by atoms with van der Waals surface area (Å²) >= 11 is 1.25. The molecule has 0 atom stereocenters. The Bertz CT molecular complexity index is 346. The maximum atomic E-state index is 11.4. The molecule has 0 spiro atoms. The fourth-order valence-corrected chi connectivity index (χ4v) is 1.77. The summed E-state index contributed by atoms with van der Waals surface area (Å²) in [4.78, 5) is 23.0. The molecule has 0 aliphatic rings. The van der Waals surface area contributed by atoms with Crippen molar-refractivity contribution in [3.8, 4) is 0 Å². The van der Waals surface area contributed by atoms with E-state index in [2.05, 4.69) is 10.1 Å². The van der Waals surface area contributed by atoms with Crippen molar-refractivity contribution in [3.05, 3.63) is 21.9 Å². The Kier molecular flexibility index (Phi) is 3.79. The molecule has 0 aliphatic carbocycles. The summed E-state index contributed by atoms with van der Waals surface area (Å²) in [7, 11) is 3.02. The van der Waals surface area contributed by atoms with Gasteiger partial charge in [0, 0.05) is 5.38 Å². The second-order valence-electron chi connectivity index (χ2n) is 2.64. The van der Waals surface area contributed by atoms with Gasteiger partial charge in [-0.1, -0.05) is 0 Å². The molecule has 0 bridgehead atoms. The Labute approximate surface area is 85.9 Å². The van der Waals surface area contributed by atoms with E-state index in [1.165, 1.54) is 18.4 Å². The zero-order valence-electron chi connectivity index (χ0n) is 7.99. The van der Waals surface area contributed by atoms with Crippen LogP contribution in [-0.2, 0) is 4.74 Å². The number of ketones is 1. The minimum absolute atomic E-state index is 0.0207. The lowest BCUT2D eigenvalue weighted by Gasteiger charge is -1.94. The SMILES string of the molecule is CNCC(=O)c1cc(C(=O)OC)cs1. The molecule has 1 rings (SSSR count). The number of methoxy groups -OCH3 is 1. The van der Waals surface area contributed by atoms with Crippen molar-refractivity contribution < 1.29 is 14.3 Å². The van der Waals surface area contributed by atoms with Crippen LogP contribution in [0.3, 0.4) is 0 Å². The molecule has 0 unspecified atom stereocenters. The normalized spacial score (nSPS) is 9.86. The van der Waals surface area contributed by atoms with Crippen molar-refractivity contribution in [3.63, 3.8) is 0 Å². The summed E-state index contributed by atoms with van der Waals surface area (Å²) in [5.41, 5.74) is 0.428. The number of carbonyl (C=O) groups is 2. The third kappa shape index (κ3) is 2.40. The molecule has 1 N–H and O–H groups in total. The number of Topliss-reactive ketones (excluding diaryl/α,β-unsaturated/α-hetero) is 1. The molecule has 4 nitrogen and oxygen atoms in total. The van der Waals surface area contributed by atoms with Crippen LogP contribution in [0, 0.1) is 0 Å². The topological polar surface area (TPSA) is 55.4 Å². The fourth-order valence-electron chi connectivity index (χ4n) is 0.955. The third-order valence-corrected chi connectivity index (χ3v) is 2.60. The minimum Gasteiger partial charge on any atom is -0.465 e. The lowest BCUT2D eigenvalue weighted by Crippen LogP contribution is -2.17. The smallest absolute Gasteiger partial charge is 0.338 e. The molecule has 14 heavy (non-hydrogen) atoms. The predicted octanol–water partition coefficient (Wildman–Crippen LogP) is 0.937. The van der Waals surface area contributed by atoms with Crippen molar-refractivity contribution in [1.82, 2.24) is 5.32 Å². The summed E-state index contributed by atoms with van der Waals surface area (Å²) in [5, 5.41) is 4.38. The third-order valence-electron chi connectivity index (χ3n) is 1.63. The molecule has 0 aromatic carbocycles. The van der Waals surface area contributed by atoms with Crippen LogP contribution in [0.5, 0.6) is 0 Å². The molecule has 0 saturated heterocycles. The zero-order chi connectivity index (χ0) is 10.6. The quantitative estimate of drug-likeness (QED) is 0.597. The van der Waals surface area contributed by atoms with E-state index < -0.39 is 5.97 Å². The Morgan fingerprint density at radius 3 is 2.86 bits per heavy atom. The van der Waals surface area contributed by atoms with Crippen molar-refractivity contribution in [1.29, 1.82) is 0 Å². The largest absolute Gasteiger partial charge is 0.465 e. The second-order valence-corrected chi connectivity index (χ2v) is 3.56. The van der Waals surface area contributed by atoms with Crippen LogP contribution >= 0.6 is 11.3 Å². The van der Waals surface area contributed by atoms with Crippen molar-refractivity contribution in [2.75, 3.05) is 20.7 Å². The summed E-state index contributed by atoms with van der Waals surface area (Å²) in [5.74, 6) is -0.433. The van der Waals surface area contributed by atoms with Crippen LogP contribution in [0.1, 0.15) is 20.0 Å². The van der Waals surface area contributed by atoms with E-state index >= 15 is 0 Å². The van der Waals surface area contributed by atoms with E-state index in [0.717, 1.165) is 0 Å². The number of esters is 1. The Morgan fingerprint density at radius 2 is 2.29 bits per heavy atom. The van der Waals surface area contributed by atoms with Gasteiger partial charge >= 0.3 is 5.97 Å². The maximum absolute atomic E-state index is 11.4. The van der Waals surface area contributed by atoms with E-state index in [1.54, 1.807) is 18.5 Å². The van der Waals surface area contributed by atoms with Gasteiger partial charge in [0.2, 0.25) is 0 Å². The van der Waals surface area contributed by atoms with E-state index in [9.17, 15) is 9.59 Å². The van der Waals surface area contributed by atoms with E-state index in [1.807, 2.05) is 0 Å². The highest BCUT2D eigenvalue weighted by Crippen LogP contribution is 2.15. The molecule has 1 aromatic rings. The van der Waals surface area contributed by atoms with Crippen LogP contribution < -0.4 is 5.32 Å². The number of nitrogens with one attached hydrogen (secondary N) is 1. The van der Waals surface area contributed by atoms with Gasteiger partial charge in [-0.15, -0.1) is 11.3 Å². The number of hydrogen-bond acceptors (Lipinski definition) is 5. The van der Waals surface area contributed by atoms with Gasteiger partial charge < -0.3 is 10.1 Å². The number of carbonyl (C=O) groups excluding carboxylic acids is 2. The number of thiophene rings is 1. The van der Waals surface area contributed by atoms with Crippen LogP contribution in [0.15, 0.2) is 11.4 Å². The van der Waals surface area contributed by atoms with Gasteiger partial charge in [-0.25, -0.2) is 4.79 Å². The van der Waals surface area contributed by atoms with Gasteiger partial charge in [0.25, 0.3) is 0 Å². The molecule has 0 saturated carbocycles. The highest BCUT2D eigenvalue weighted by Gasteiger charge is 2.12. The number of rotatable bonds is 4. The Balaban J connectivity index is 2.77. The van der Waals surface area contributed by atoms with E-state index in [4.69, 9.17) is 0 Å². The molecule has 0 amide bonds. The molecule has 5 heteroatoms. The first-order valence-corrected chi connectivity index (χ1v) is 4.91. The number of ether oxygens (including phenoxy) is 1. The molecule has 0 aliphatic heterocycles. The molecular weight excluding hydrogens is 202 g/mol. The van der Waals surface area contributed by atoms with Gasteiger partial charge in [-0.2, -0.15) is 0 Å². The summed E-state index contributed by atoms with van der Waals surface area (Å²) in [6.45, 7) is 0.279. The van der Waals surface area contributed by atoms with Gasteiger partial charge in [0.1, 0.15) is 0 Å². The standard InChI is InChI=1S/C9H11NO3S/c1-10-4-7(11)8-3-6(5-14-8)9(12)13-2/h3,5,10H,4H2,1-2H3. The molecule has 1 aromatic heterocycles. The molecular formula is C9H11NO3S. The summed E-state index contributed by atoms with van der Waals surface area (Å²) in [6.07, 6.45) is 0. The minimum atomic E-state index is -0.412. The highest BCUT2D eigenvalue weighted by atomic mass is 32.1. The van der Waals surface area contributed by atoms with Crippen LogP contribution in [-0.4, -0.2) is 32.5 Å². The number of hydrogen-bond donors (Lipinski definition) is 1. The van der Waals surface area contributed by atoms with E-state index in [0.29, 0.717) is 10.4 Å². The zero-order valence-corrected chi connectivity index (χ0v) is 8.81. The average Bonchev–Trinajstić information content (AvgIpc) is 2.66. The highest BCUT2D eigenvalue weighted by molar-refractivity contribution is 7.12. The molecule has 0 radical (unpaired) electrons. The van der Waals surface area contributed by atoms with Crippen molar-refractivity contribution in [2.45, 2.75) is 0 Å². The van der Waals surface area contributed by atoms with Gasteiger partial charge in [-0.3, -0.25) is 4.79 Å². The maximum Gasteiger partial charge on any atom is 0.338 e. The van der Waals surface area contributed by atoms with Crippen LogP contribution in [0.2, 0.25) is 0 Å². The first-order valence-electron chi connectivity index (χ1n) is 4.03. The first-order chi connectivity index (χ1) is 6.69. The Morgan fingerprint density at radius 1 is 1.57 bits per heavy atom. The monoisotopic (exact) mass is 213 g/mol. The lowest BCUT2D eigenvalue weighted by atomic mass is 10.2. The summed E-state index contributed by atoms with van der Waals surface area (Å²) < 4.78 is 4.53. The lowest BCUT2D eigenvalue weighted by molar-refractivity contribution is 0.0601. The van der Waals surface area contributed by atoms with E-state index in [-0.39, 0.29) is 12.3 Å². The van der Waals surface area contributed by atoms with Gasteiger partial charge in [0.05, 0.1) is 24.1 Å². The van der Waals surface area contributed by atoms with Crippen LogP contribution in [0.4, 0.5) is 0 Å².